The fourth-order valence-electron chi connectivity index (χ4n) is 2.32. The molecule has 94 valence electrons. The minimum atomic E-state index is 0.146. The van der Waals surface area contributed by atoms with E-state index in [0.717, 1.165) is 37.1 Å². The summed E-state index contributed by atoms with van der Waals surface area (Å²) in [6, 6.07) is 0. The molecule has 0 aliphatic carbocycles. The van der Waals surface area contributed by atoms with Crippen LogP contribution in [0.15, 0.2) is 18.9 Å². The SMILES string of the molecule is O=C(Cn1cnc2cncnc21)N1CCCCC1. The van der Waals surface area contributed by atoms with Crippen LogP contribution in [-0.2, 0) is 11.3 Å². The van der Waals surface area contributed by atoms with Gasteiger partial charge in [0.15, 0.2) is 5.65 Å². The van der Waals surface area contributed by atoms with Crippen LogP contribution in [0.25, 0.3) is 11.2 Å². The van der Waals surface area contributed by atoms with Crippen LogP contribution in [0.2, 0.25) is 0 Å². The van der Waals surface area contributed by atoms with Crippen LogP contribution in [0.4, 0.5) is 0 Å². The summed E-state index contributed by atoms with van der Waals surface area (Å²) < 4.78 is 1.79. The van der Waals surface area contributed by atoms with Crippen molar-refractivity contribution in [2.45, 2.75) is 25.8 Å². The van der Waals surface area contributed by atoms with Crippen molar-refractivity contribution in [1.29, 1.82) is 0 Å². The zero-order valence-corrected chi connectivity index (χ0v) is 10.1. The molecule has 1 aliphatic rings. The van der Waals surface area contributed by atoms with E-state index in [1.807, 2.05) is 4.90 Å². The lowest BCUT2D eigenvalue weighted by atomic mass is 10.1. The van der Waals surface area contributed by atoms with Gasteiger partial charge in [0, 0.05) is 13.1 Å². The number of carbonyl (C=O) groups is 1. The van der Waals surface area contributed by atoms with E-state index in [0.29, 0.717) is 6.54 Å². The van der Waals surface area contributed by atoms with Crippen molar-refractivity contribution in [3.05, 3.63) is 18.9 Å². The number of hydrogen-bond acceptors (Lipinski definition) is 4. The zero-order valence-electron chi connectivity index (χ0n) is 10.1. The molecule has 0 unspecified atom stereocenters. The molecular formula is C12H15N5O. The maximum atomic E-state index is 12.1. The van der Waals surface area contributed by atoms with E-state index in [1.54, 1.807) is 17.1 Å². The van der Waals surface area contributed by atoms with Crippen molar-refractivity contribution in [3.8, 4) is 0 Å². The third kappa shape index (κ3) is 2.05. The van der Waals surface area contributed by atoms with E-state index in [4.69, 9.17) is 0 Å². The van der Waals surface area contributed by atoms with Crippen LogP contribution in [0.5, 0.6) is 0 Å². The molecule has 0 bridgehead atoms. The number of carbonyl (C=O) groups excluding carboxylic acids is 1. The molecule has 1 amide bonds. The Morgan fingerprint density at radius 3 is 2.89 bits per heavy atom. The number of fused-ring (bicyclic) bond motifs is 1. The normalized spacial score (nSPS) is 16.1. The number of likely N-dealkylation sites (tertiary alicyclic amines) is 1. The van der Waals surface area contributed by atoms with Gasteiger partial charge in [-0.25, -0.2) is 15.0 Å². The summed E-state index contributed by atoms with van der Waals surface area (Å²) in [4.78, 5) is 26.3. The van der Waals surface area contributed by atoms with Gasteiger partial charge >= 0.3 is 0 Å². The molecule has 0 spiro atoms. The predicted molar refractivity (Wildman–Crippen MR) is 65.8 cm³/mol. The summed E-state index contributed by atoms with van der Waals surface area (Å²) in [6.45, 7) is 2.06. The first-order valence-corrected chi connectivity index (χ1v) is 6.23. The highest BCUT2D eigenvalue weighted by molar-refractivity contribution is 5.78. The molecule has 1 aliphatic heterocycles. The van der Waals surface area contributed by atoms with E-state index in [-0.39, 0.29) is 5.91 Å². The Hall–Kier alpha value is -1.98. The average molecular weight is 245 g/mol. The van der Waals surface area contributed by atoms with Gasteiger partial charge in [-0.15, -0.1) is 0 Å². The number of aromatic nitrogens is 4. The van der Waals surface area contributed by atoms with Crippen LogP contribution < -0.4 is 0 Å². The van der Waals surface area contributed by atoms with Crippen molar-refractivity contribution < 1.29 is 4.79 Å². The Morgan fingerprint density at radius 2 is 2.06 bits per heavy atom. The summed E-state index contributed by atoms with van der Waals surface area (Å²) in [7, 11) is 0. The van der Waals surface area contributed by atoms with E-state index in [1.165, 1.54) is 12.7 Å². The van der Waals surface area contributed by atoms with Gasteiger partial charge in [0.2, 0.25) is 5.91 Å². The third-order valence-corrected chi connectivity index (χ3v) is 3.30. The fourth-order valence-corrected chi connectivity index (χ4v) is 2.32. The fraction of sp³-hybridized carbons (Fsp3) is 0.500. The highest BCUT2D eigenvalue weighted by atomic mass is 16.2. The molecule has 0 radical (unpaired) electrons. The smallest absolute Gasteiger partial charge is 0.242 e. The standard InChI is InChI=1S/C12H15N5O/c18-11(16-4-2-1-3-5-16)7-17-9-15-10-6-13-8-14-12(10)17/h6,8-9H,1-5,7H2. The lowest BCUT2D eigenvalue weighted by molar-refractivity contribution is -0.132. The quantitative estimate of drug-likeness (QED) is 0.786. The minimum absolute atomic E-state index is 0.146. The van der Waals surface area contributed by atoms with Crippen LogP contribution in [0, 0.1) is 0 Å². The van der Waals surface area contributed by atoms with Gasteiger partial charge in [-0.2, -0.15) is 0 Å². The second-order valence-electron chi connectivity index (χ2n) is 4.55. The molecular weight excluding hydrogens is 230 g/mol. The first kappa shape index (κ1) is 11.1. The highest BCUT2D eigenvalue weighted by Gasteiger charge is 2.17. The largest absolute Gasteiger partial charge is 0.341 e. The molecule has 0 atom stereocenters. The van der Waals surface area contributed by atoms with Crippen LogP contribution in [0.1, 0.15) is 19.3 Å². The first-order valence-electron chi connectivity index (χ1n) is 6.23. The Balaban J connectivity index is 1.77. The Kier molecular flexibility index (Phi) is 2.92. The maximum absolute atomic E-state index is 12.1. The van der Waals surface area contributed by atoms with Crippen molar-refractivity contribution in [1.82, 2.24) is 24.4 Å². The first-order chi connectivity index (χ1) is 8.84. The van der Waals surface area contributed by atoms with Gasteiger partial charge in [0.25, 0.3) is 0 Å². The molecule has 2 aromatic heterocycles. The number of rotatable bonds is 2. The molecule has 1 saturated heterocycles. The van der Waals surface area contributed by atoms with Crippen LogP contribution >= 0.6 is 0 Å². The number of amides is 1. The third-order valence-electron chi connectivity index (χ3n) is 3.30. The minimum Gasteiger partial charge on any atom is -0.341 e. The van der Waals surface area contributed by atoms with E-state index in [9.17, 15) is 4.79 Å². The Labute approximate surface area is 105 Å². The summed E-state index contributed by atoms with van der Waals surface area (Å²) >= 11 is 0. The van der Waals surface area contributed by atoms with Crippen LogP contribution in [-0.4, -0.2) is 43.4 Å². The summed E-state index contributed by atoms with van der Waals surface area (Å²) in [5.41, 5.74) is 1.44. The van der Waals surface area contributed by atoms with E-state index < -0.39 is 0 Å². The molecule has 0 N–H and O–H groups in total. The van der Waals surface area contributed by atoms with Gasteiger partial charge in [0.05, 0.1) is 12.5 Å². The zero-order chi connectivity index (χ0) is 12.4. The predicted octanol–water partition coefficient (Wildman–Crippen LogP) is 0.839. The Bertz CT molecular complexity index is 558. The number of hydrogen-bond donors (Lipinski definition) is 0. The van der Waals surface area contributed by atoms with E-state index >= 15 is 0 Å². The number of nitrogens with zero attached hydrogens (tertiary/aromatic N) is 5. The molecule has 3 heterocycles. The van der Waals surface area contributed by atoms with Crippen molar-refractivity contribution in [2.24, 2.45) is 0 Å². The van der Waals surface area contributed by atoms with E-state index in [2.05, 4.69) is 15.0 Å². The lowest BCUT2D eigenvalue weighted by Crippen LogP contribution is -2.37. The monoisotopic (exact) mass is 245 g/mol. The lowest BCUT2D eigenvalue weighted by Gasteiger charge is -2.26. The van der Waals surface area contributed by atoms with Gasteiger partial charge in [-0.05, 0) is 19.3 Å². The molecule has 6 heteroatoms. The molecule has 2 aromatic rings. The summed E-state index contributed by atoms with van der Waals surface area (Å²) in [5, 5.41) is 0. The van der Waals surface area contributed by atoms with Crippen molar-refractivity contribution >= 4 is 17.1 Å². The average Bonchev–Trinajstić information content (AvgIpc) is 2.83. The van der Waals surface area contributed by atoms with Crippen LogP contribution in [0.3, 0.4) is 0 Å². The van der Waals surface area contributed by atoms with Gasteiger partial charge < -0.3 is 9.47 Å². The summed E-state index contributed by atoms with van der Waals surface area (Å²) in [6.07, 6.45) is 8.24. The molecule has 18 heavy (non-hydrogen) atoms. The Morgan fingerprint density at radius 1 is 1.22 bits per heavy atom. The van der Waals surface area contributed by atoms with Crippen molar-refractivity contribution in [3.63, 3.8) is 0 Å². The van der Waals surface area contributed by atoms with Gasteiger partial charge in [-0.3, -0.25) is 4.79 Å². The molecule has 1 fully saturated rings. The van der Waals surface area contributed by atoms with Crippen molar-refractivity contribution in [2.75, 3.05) is 13.1 Å². The van der Waals surface area contributed by atoms with Gasteiger partial charge in [-0.1, -0.05) is 0 Å². The second kappa shape index (κ2) is 4.72. The molecule has 6 nitrogen and oxygen atoms in total. The highest BCUT2D eigenvalue weighted by Crippen LogP contribution is 2.11. The topological polar surface area (TPSA) is 63.9 Å². The molecule has 0 saturated carbocycles. The number of piperidine rings is 1. The number of imidazole rings is 1. The second-order valence-corrected chi connectivity index (χ2v) is 4.55. The van der Waals surface area contributed by atoms with Gasteiger partial charge in [0.1, 0.15) is 18.4 Å². The maximum Gasteiger partial charge on any atom is 0.242 e. The summed E-state index contributed by atoms with van der Waals surface area (Å²) in [5.74, 6) is 0.146. The molecule has 0 aromatic carbocycles. The molecule has 3 rings (SSSR count).